The third-order valence-corrected chi connectivity index (χ3v) is 2.43. The molecule has 0 aliphatic heterocycles. The highest BCUT2D eigenvalue weighted by molar-refractivity contribution is 5.68. The predicted molar refractivity (Wildman–Crippen MR) is 70.8 cm³/mol. The molecule has 0 aromatic carbocycles. The average Bonchev–Trinajstić information content (AvgIpc) is 2.68. The second kappa shape index (κ2) is 6.54. The Balaban J connectivity index is 2.38. The van der Waals surface area contributed by atoms with Crippen LogP contribution in [0.25, 0.3) is 0 Å². The van der Waals surface area contributed by atoms with Gasteiger partial charge in [-0.2, -0.15) is 4.98 Å². The SMILES string of the molecule is CCN(CCCc1noc(C)n1)C(=O)OC(C)(C)C. The molecule has 0 bridgehead atoms. The number of amides is 1. The Bertz CT molecular complexity index is 410. The van der Waals surface area contributed by atoms with E-state index in [4.69, 9.17) is 9.26 Å². The van der Waals surface area contributed by atoms with Crippen molar-refractivity contribution in [2.75, 3.05) is 13.1 Å². The number of hydrogen-bond donors (Lipinski definition) is 0. The molecule has 108 valence electrons. The van der Waals surface area contributed by atoms with Crippen molar-refractivity contribution < 1.29 is 14.1 Å². The lowest BCUT2D eigenvalue weighted by Gasteiger charge is -2.26. The van der Waals surface area contributed by atoms with Gasteiger partial charge in [0.25, 0.3) is 0 Å². The third kappa shape index (κ3) is 5.72. The Morgan fingerprint density at radius 2 is 2.11 bits per heavy atom. The van der Waals surface area contributed by atoms with E-state index in [9.17, 15) is 4.79 Å². The smallest absolute Gasteiger partial charge is 0.410 e. The van der Waals surface area contributed by atoms with E-state index in [1.165, 1.54) is 0 Å². The van der Waals surface area contributed by atoms with Crippen LogP contribution in [0.1, 0.15) is 45.8 Å². The first-order valence-electron chi connectivity index (χ1n) is 6.59. The van der Waals surface area contributed by atoms with Gasteiger partial charge in [0.1, 0.15) is 5.60 Å². The van der Waals surface area contributed by atoms with Crippen molar-refractivity contribution in [1.29, 1.82) is 0 Å². The molecule has 0 radical (unpaired) electrons. The summed E-state index contributed by atoms with van der Waals surface area (Å²) in [5.41, 5.74) is -0.463. The van der Waals surface area contributed by atoms with Gasteiger partial charge in [-0.05, 0) is 34.1 Å². The summed E-state index contributed by atoms with van der Waals surface area (Å²) in [4.78, 5) is 17.7. The van der Waals surface area contributed by atoms with Gasteiger partial charge in [0, 0.05) is 26.4 Å². The number of nitrogens with zero attached hydrogens (tertiary/aromatic N) is 3. The van der Waals surface area contributed by atoms with E-state index < -0.39 is 5.60 Å². The van der Waals surface area contributed by atoms with Gasteiger partial charge in [-0.3, -0.25) is 0 Å². The quantitative estimate of drug-likeness (QED) is 0.821. The van der Waals surface area contributed by atoms with E-state index >= 15 is 0 Å². The molecule has 0 aliphatic rings. The van der Waals surface area contributed by atoms with Crippen LogP contribution in [0.5, 0.6) is 0 Å². The fraction of sp³-hybridized carbons (Fsp3) is 0.769. The zero-order valence-corrected chi connectivity index (χ0v) is 12.4. The maximum Gasteiger partial charge on any atom is 0.410 e. The third-order valence-electron chi connectivity index (χ3n) is 2.43. The molecule has 0 fully saturated rings. The lowest BCUT2D eigenvalue weighted by atomic mass is 10.2. The van der Waals surface area contributed by atoms with Gasteiger partial charge in [0.15, 0.2) is 5.82 Å². The van der Waals surface area contributed by atoms with Crippen molar-refractivity contribution in [2.24, 2.45) is 0 Å². The second-order valence-corrected chi connectivity index (χ2v) is 5.39. The highest BCUT2D eigenvalue weighted by Crippen LogP contribution is 2.10. The summed E-state index contributed by atoms with van der Waals surface area (Å²) in [5, 5.41) is 3.82. The number of aromatic nitrogens is 2. The lowest BCUT2D eigenvalue weighted by Crippen LogP contribution is -2.37. The minimum Gasteiger partial charge on any atom is -0.444 e. The molecule has 1 aromatic heterocycles. The molecule has 1 amide bonds. The number of hydrogen-bond acceptors (Lipinski definition) is 5. The van der Waals surface area contributed by atoms with Crippen molar-refractivity contribution in [3.05, 3.63) is 11.7 Å². The fourth-order valence-electron chi connectivity index (χ4n) is 1.58. The van der Waals surface area contributed by atoms with Gasteiger partial charge >= 0.3 is 6.09 Å². The summed E-state index contributed by atoms with van der Waals surface area (Å²) in [6, 6.07) is 0. The van der Waals surface area contributed by atoms with E-state index in [1.807, 2.05) is 27.7 Å². The number of carbonyl (C=O) groups is 1. The van der Waals surface area contributed by atoms with Crippen molar-refractivity contribution in [1.82, 2.24) is 15.0 Å². The largest absolute Gasteiger partial charge is 0.444 e. The first-order chi connectivity index (χ1) is 8.81. The van der Waals surface area contributed by atoms with Crippen molar-refractivity contribution >= 4 is 6.09 Å². The van der Waals surface area contributed by atoms with E-state index in [0.717, 1.165) is 6.42 Å². The first-order valence-corrected chi connectivity index (χ1v) is 6.59. The van der Waals surface area contributed by atoms with Crippen LogP contribution in [-0.2, 0) is 11.2 Å². The fourth-order valence-corrected chi connectivity index (χ4v) is 1.58. The van der Waals surface area contributed by atoms with Crippen LogP contribution in [0.4, 0.5) is 4.79 Å². The van der Waals surface area contributed by atoms with Gasteiger partial charge < -0.3 is 14.2 Å². The Morgan fingerprint density at radius 3 is 2.58 bits per heavy atom. The van der Waals surface area contributed by atoms with Gasteiger partial charge in [-0.1, -0.05) is 5.16 Å². The van der Waals surface area contributed by atoms with Crippen molar-refractivity contribution in [3.63, 3.8) is 0 Å². The van der Waals surface area contributed by atoms with E-state index in [2.05, 4.69) is 10.1 Å². The molecule has 6 heteroatoms. The van der Waals surface area contributed by atoms with Crippen LogP contribution < -0.4 is 0 Å². The normalized spacial score (nSPS) is 11.4. The lowest BCUT2D eigenvalue weighted by molar-refractivity contribution is 0.0258. The maximum atomic E-state index is 11.9. The minimum atomic E-state index is -0.463. The summed E-state index contributed by atoms with van der Waals surface area (Å²) in [5.74, 6) is 1.24. The highest BCUT2D eigenvalue weighted by atomic mass is 16.6. The molecule has 0 aliphatic carbocycles. The molecule has 1 heterocycles. The van der Waals surface area contributed by atoms with Gasteiger partial charge in [-0.15, -0.1) is 0 Å². The molecule has 1 rings (SSSR count). The van der Waals surface area contributed by atoms with E-state index in [-0.39, 0.29) is 6.09 Å². The Hall–Kier alpha value is -1.59. The van der Waals surface area contributed by atoms with Gasteiger partial charge in [-0.25, -0.2) is 4.79 Å². The molecule has 19 heavy (non-hydrogen) atoms. The van der Waals surface area contributed by atoms with Crippen LogP contribution in [0.15, 0.2) is 4.52 Å². The van der Waals surface area contributed by atoms with Crippen LogP contribution in [-0.4, -0.2) is 39.8 Å². The van der Waals surface area contributed by atoms with Crippen LogP contribution in [0.2, 0.25) is 0 Å². The number of aryl methyl sites for hydroxylation is 2. The summed E-state index contributed by atoms with van der Waals surface area (Å²) in [6.07, 6.45) is 1.20. The first kappa shape index (κ1) is 15.5. The zero-order valence-electron chi connectivity index (χ0n) is 12.4. The Morgan fingerprint density at radius 1 is 1.42 bits per heavy atom. The Kier molecular flexibility index (Phi) is 5.32. The Labute approximate surface area is 114 Å². The van der Waals surface area contributed by atoms with Gasteiger partial charge in [0.05, 0.1) is 0 Å². The standard InChI is InChI=1S/C13H23N3O3/c1-6-16(12(17)18-13(3,4)5)9-7-8-11-14-10(2)19-15-11/h6-9H2,1-5H3. The average molecular weight is 269 g/mol. The van der Waals surface area contributed by atoms with E-state index in [0.29, 0.717) is 31.2 Å². The molecule has 0 spiro atoms. The molecule has 0 unspecified atom stereocenters. The van der Waals surface area contributed by atoms with Crippen molar-refractivity contribution in [2.45, 2.75) is 53.1 Å². The second-order valence-electron chi connectivity index (χ2n) is 5.39. The predicted octanol–water partition coefficient (Wildman–Crippen LogP) is 2.57. The molecular weight excluding hydrogens is 246 g/mol. The number of carbonyl (C=O) groups excluding carboxylic acids is 1. The van der Waals surface area contributed by atoms with Crippen LogP contribution >= 0.6 is 0 Å². The topological polar surface area (TPSA) is 68.5 Å². The molecule has 0 N–H and O–H groups in total. The summed E-state index contributed by atoms with van der Waals surface area (Å²) in [7, 11) is 0. The summed E-state index contributed by atoms with van der Waals surface area (Å²) in [6.45, 7) is 10.5. The zero-order chi connectivity index (χ0) is 14.5. The van der Waals surface area contributed by atoms with E-state index in [1.54, 1.807) is 11.8 Å². The monoisotopic (exact) mass is 269 g/mol. The highest BCUT2D eigenvalue weighted by Gasteiger charge is 2.20. The number of rotatable bonds is 5. The summed E-state index contributed by atoms with van der Waals surface area (Å²) >= 11 is 0. The molecule has 6 nitrogen and oxygen atoms in total. The number of ether oxygens (including phenoxy) is 1. The van der Waals surface area contributed by atoms with Gasteiger partial charge in [0.2, 0.25) is 5.89 Å². The molecule has 0 atom stereocenters. The minimum absolute atomic E-state index is 0.278. The molecule has 1 aromatic rings. The molecular formula is C13H23N3O3. The summed E-state index contributed by atoms with van der Waals surface area (Å²) < 4.78 is 10.2. The van der Waals surface area contributed by atoms with Crippen molar-refractivity contribution in [3.8, 4) is 0 Å². The van der Waals surface area contributed by atoms with Crippen LogP contribution in [0, 0.1) is 6.92 Å². The van der Waals surface area contributed by atoms with Crippen LogP contribution in [0.3, 0.4) is 0 Å². The molecule has 0 saturated heterocycles. The maximum absolute atomic E-state index is 11.9. The molecule has 0 saturated carbocycles.